The van der Waals surface area contributed by atoms with Crippen LogP contribution in [-0.2, 0) is 12.0 Å². The number of amides is 2. The normalized spacial score (nSPS) is 19.6. The zero-order chi connectivity index (χ0) is 15.2. The number of hydrogen-bond donors (Lipinski definition) is 1. The lowest BCUT2D eigenvalue weighted by Gasteiger charge is -2.35. The van der Waals surface area contributed by atoms with Crippen LogP contribution in [0.15, 0.2) is 35.8 Å². The molecule has 1 saturated carbocycles. The molecule has 1 aromatic carbocycles. The first-order valence-corrected chi connectivity index (χ1v) is 8.59. The van der Waals surface area contributed by atoms with Crippen molar-refractivity contribution in [2.75, 3.05) is 6.54 Å². The van der Waals surface area contributed by atoms with Crippen molar-refractivity contribution in [2.24, 2.45) is 0 Å². The van der Waals surface area contributed by atoms with Gasteiger partial charge in [0.2, 0.25) is 0 Å². The zero-order valence-electron chi connectivity index (χ0n) is 12.6. The molecule has 1 spiro atoms. The van der Waals surface area contributed by atoms with Gasteiger partial charge < -0.3 is 10.2 Å². The molecular weight excluding hydrogens is 294 g/mol. The Kier molecular flexibility index (Phi) is 3.18. The summed E-state index contributed by atoms with van der Waals surface area (Å²) in [7, 11) is 0. The molecule has 1 aliphatic heterocycles. The number of nitrogens with one attached hydrogen (secondary N) is 1. The molecule has 2 aliphatic rings. The van der Waals surface area contributed by atoms with Crippen molar-refractivity contribution in [3.63, 3.8) is 0 Å². The number of thiazole rings is 1. The molecule has 0 bridgehead atoms. The van der Waals surface area contributed by atoms with E-state index in [9.17, 15) is 4.79 Å². The lowest BCUT2D eigenvalue weighted by Crippen LogP contribution is -2.47. The molecule has 4 nitrogen and oxygen atoms in total. The molecule has 0 unspecified atom stereocenters. The third-order valence-electron chi connectivity index (χ3n) is 4.75. The second-order valence-electron chi connectivity index (χ2n) is 6.34. The highest BCUT2D eigenvalue weighted by molar-refractivity contribution is 7.09. The summed E-state index contributed by atoms with van der Waals surface area (Å²) in [5.41, 5.74) is 2.96. The average molecular weight is 313 g/mol. The minimum atomic E-state index is -0.0418. The van der Waals surface area contributed by atoms with Crippen molar-refractivity contribution in [1.29, 1.82) is 0 Å². The number of fused-ring (bicyclic) bond motifs is 2. The van der Waals surface area contributed by atoms with Gasteiger partial charge in [0.25, 0.3) is 0 Å². The van der Waals surface area contributed by atoms with Crippen molar-refractivity contribution >= 4 is 17.4 Å². The van der Waals surface area contributed by atoms with Gasteiger partial charge in [-0.25, -0.2) is 9.78 Å². The van der Waals surface area contributed by atoms with Crippen molar-refractivity contribution in [2.45, 2.75) is 37.8 Å². The van der Waals surface area contributed by atoms with E-state index in [2.05, 4.69) is 34.6 Å². The number of nitrogens with zero attached hydrogens (tertiary/aromatic N) is 2. The summed E-state index contributed by atoms with van der Waals surface area (Å²) in [5.74, 6) is 0. The highest BCUT2D eigenvalue weighted by Crippen LogP contribution is 2.52. The van der Waals surface area contributed by atoms with E-state index >= 15 is 0 Å². The number of aromatic nitrogens is 1. The number of urea groups is 1. The summed E-state index contributed by atoms with van der Waals surface area (Å²) in [4.78, 5) is 18.9. The summed E-state index contributed by atoms with van der Waals surface area (Å²) < 4.78 is 0. The van der Waals surface area contributed by atoms with Crippen molar-refractivity contribution in [3.05, 3.63) is 52.0 Å². The maximum Gasteiger partial charge on any atom is 0.318 e. The lowest BCUT2D eigenvalue weighted by molar-refractivity contribution is 0.180. The Morgan fingerprint density at radius 2 is 2.23 bits per heavy atom. The second kappa shape index (κ2) is 5.09. The average Bonchev–Trinajstić information content (AvgIpc) is 3.08. The molecule has 1 aliphatic carbocycles. The maximum atomic E-state index is 12.6. The zero-order valence-corrected chi connectivity index (χ0v) is 13.4. The number of benzene rings is 1. The third kappa shape index (κ3) is 2.29. The quantitative estimate of drug-likeness (QED) is 0.923. The lowest BCUT2D eigenvalue weighted by atomic mass is 9.87. The van der Waals surface area contributed by atoms with Gasteiger partial charge in [-0.2, -0.15) is 0 Å². The predicted molar refractivity (Wildman–Crippen MR) is 86.8 cm³/mol. The molecule has 114 valence electrons. The fourth-order valence-electron chi connectivity index (χ4n) is 3.40. The Balaban J connectivity index is 1.51. The molecule has 1 aromatic heterocycles. The van der Waals surface area contributed by atoms with Crippen LogP contribution in [0.3, 0.4) is 0 Å². The van der Waals surface area contributed by atoms with E-state index in [0.29, 0.717) is 6.54 Å². The van der Waals surface area contributed by atoms with Gasteiger partial charge in [0.15, 0.2) is 0 Å². The van der Waals surface area contributed by atoms with Crippen molar-refractivity contribution in [3.8, 4) is 0 Å². The number of carbonyl (C=O) groups is 1. The van der Waals surface area contributed by atoms with E-state index in [0.717, 1.165) is 11.6 Å². The van der Waals surface area contributed by atoms with Crippen LogP contribution in [0.4, 0.5) is 4.79 Å². The van der Waals surface area contributed by atoms with Gasteiger partial charge in [-0.1, -0.05) is 24.3 Å². The third-order valence-corrected chi connectivity index (χ3v) is 5.70. The van der Waals surface area contributed by atoms with Crippen LogP contribution in [0.1, 0.15) is 41.9 Å². The number of rotatable bonds is 2. The summed E-state index contributed by atoms with van der Waals surface area (Å²) in [6.45, 7) is 3.52. The summed E-state index contributed by atoms with van der Waals surface area (Å²) in [6, 6.07) is 8.53. The van der Waals surface area contributed by atoms with Crippen molar-refractivity contribution in [1.82, 2.24) is 15.2 Å². The van der Waals surface area contributed by atoms with E-state index in [1.807, 2.05) is 17.2 Å². The fourth-order valence-corrected chi connectivity index (χ4v) is 4.04. The van der Waals surface area contributed by atoms with Crippen LogP contribution in [0.2, 0.25) is 0 Å². The summed E-state index contributed by atoms with van der Waals surface area (Å²) in [5, 5.41) is 5.97. The Morgan fingerprint density at radius 3 is 2.95 bits per heavy atom. The molecule has 2 amide bonds. The molecule has 2 aromatic rings. The predicted octanol–water partition coefficient (Wildman–Crippen LogP) is 3.46. The van der Waals surface area contributed by atoms with Gasteiger partial charge in [-0.05, 0) is 30.9 Å². The molecule has 1 N–H and O–H groups in total. The second-order valence-corrected chi connectivity index (χ2v) is 7.26. The van der Waals surface area contributed by atoms with Gasteiger partial charge in [0.1, 0.15) is 5.01 Å². The molecule has 0 saturated heterocycles. The van der Waals surface area contributed by atoms with Crippen LogP contribution >= 0.6 is 11.3 Å². The minimum Gasteiger partial charge on any atom is -0.329 e. The molecule has 1 fully saturated rings. The summed E-state index contributed by atoms with van der Waals surface area (Å²) in [6.07, 6.45) is 4.16. The van der Waals surface area contributed by atoms with E-state index < -0.39 is 0 Å². The standard InChI is InChI=1S/C17H19N3OS/c1-12(15-18-8-9-22-15)19-16(21)20-10-13-4-2-3-5-14(13)17(11-20)6-7-17/h2-5,8-9,12H,6-7,10-11H2,1H3,(H,19,21)/t12-/m0/s1. The van der Waals surface area contributed by atoms with Gasteiger partial charge >= 0.3 is 6.03 Å². The van der Waals surface area contributed by atoms with E-state index in [4.69, 9.17) is 0 Å². The first kappa shape index (κ1) is 13.8. The van der Waals surface area contributed by atoms with E-state index in [1.54, 1.807) is 17.5 Å². The molecule has 4 rings (SSSR count). The molecule has 2 heterocycles. The fraction of sp³-hybridized carbons (Fsp3) is 0.412. The Hall–Kier alpha value is -1.88. The molecule has 5 heteroatoms. The van der Waals surface area contributed by atoms with Gasteiger partial charge in [-0.15, -0.1) is 11.3 Å². The van der Waals surface area contributed by atoms with Gasteiger partial charge in [0.05, 0.1) is 6.04 Å². The number of hydrogen-bond acceptors (Lipinski definition) is 3. The topological polar surface area (TPSA) is 45.2 Å². The Bertz CT molecular complexity index is 694. The SMILES string of the molecule is C[C@H](NC(=O)N1Cc2ccccc2C2(CC2)C1)c1nccs1. The molecular formula is C17H19N3OS. The van der Waals surface area contributed by atoms with Crippen LogP contribution < -0.4 is 5.32 Å². The Morgan fingerprint density at radius 1 is 1.41 bits per heavy atom. The van der Waals surface area contributed by atoms with Crippen LogP contribution in [0, 0.1) is 0 Å². The highest BCUT2D eigenvalue weighted by Gasteiger charge is 2.49. The smallest absolute Gasteiger partial charge is 0.318 e. The van der Waals surface area contributed by atoms with Crippen LogP contribution in [0.5, 0.6) is 0 Å². The largest absolute Gasteiger partial charge is 0.329 e. The van der Waals surface area contributed by atoms with E-state index in [1.165, 1.54) is 24.0 Å². The van der Waals surface area contributed by atoms with Gasteiger partial charge in [-0.3, -0.25) is 0 Å². The highest BCUT2D eigenvalue weighted by atomic mass is 32.1. The maximum absolute atomic E-state index is 12.6. The molecule has 22 heavy (non-hydrogen) atoms. The first-order valence-electron chi connectivity index (χ1n) is 7.71. The number of carbonyl (C=O) groups excluding carboxylic acids is 1. The molecule has 1 atom stereocenters. The Labute approximate surface area is 134 Å². The van der Waals surface area contributed by atoms with Crippen LogP contribution in [0.25, 0.3) is 0 Å². The summed E-state index contributed by atoms with van der Waals surface area (Å²) >= 11 is 1.58. The van der Waals surface area contributed by atoms with Crippen molar-refractivity contribution < 1.29 is 4.79 Å². The van der Waals surface area contributed by atoms with Gasteiger partial charge in [0, 0.05) is 30.1 Å². The molecule has 0 radical (unpaired) electrons. The van der Waals surface area contributed by atoms with E-state index in [-0.39, 0.29) is 17.5 Å². The monoisotopic (exact) mass is 313 g/mol. The minimum absolute atomic E-state index is 0.0171. The van der Waals surface area contributed by atoms with Crippen LogP contribution in [-0.4, -0.2) is 22.5 Å². The first-order chi connectivity index (χ1) is 10.7.